The van der Waals surface area contributed by atoms with Crippen LogP contribution in [0.4, 0.5) is 0 Å². The Morgan fingerprint density at radius 1 is 1.47 bits per heavy atom. The quantitative estimate of drug-likeness (QED) is 0.742. The largest absolute Gasteiger partial charge is 0.354 e. The van der Waals surface area contributed by atoms with Crippen LogP contribution in [-0.4, -0.2) is 49.4 Å². The minimum atomic E-state index is -0.0565. The van der Waals surface area contributed by atoms with Crippen molar-refractivity contribution in [3.63, 3.8) is 0 Å². The summed E-state index contributed by atoms with van der Waals surface area (Å²) in [5.74, 6) is 0.0895. The van der Waals surface area contributed by atoms with Crippen molar-refractivity contribution in [3.05, 3.63) is 0 Å². The molecule has 0 saturated carbocycles. The second-order valence-corrected chi connectivity index (χ2v) is 4.10. The Kier molecular flexibility index (Phi) is 7.91. The lowest BCUT2D eigenvalue weighted by Gasteiger charge is -2.15. The molecule has 0 spiro atoms. The molecule has 2 N–H and O–H groups in total. The molecule has 5 nitrogen and oxygen atoms in total. The van der Waals surface area contributed by atoms with Gasteiger partial charge in [-0.05, 0) is 26.3 Å². The third kappa shape index (κ3) is 5.37. The SMILES string of the molecule is CCN(C)C(=O)CCNC(=O)C1CCCN1.Cl. The smallest absolute Gasteiger partial charge is 0.237 e. The number of nitrogens with zero attached hydrogens (tertiary/aromatic N) is 1. The lowest BCUT2D eigenvalue weighted by molar-refractivity contribution is -0.129. The van der Waals surface area contributed by atoms with Crippen molar-refractivity contribution in [2.75, 3.05) is 26.7 Å². The highest BCUT2D eigenvalue weighted by Gasteiger charge is 2.21. The van der Waals surface area contributed by atoms with E-state index in [1.807, 2.05) is 6.92 Å². The lowest BCUT2D eigenvalue weighted by atomic mass is 10.2. The van der Waals surface area contributed by atoms with Gasteiger partial charge in [0.25, 0.3) is 0 Å². The Hall–Kier alpha value is -0.810. The van der Waals surface area contributed by atoms with E-state index in [-0.39, 0.29) is 30.3 Å². The summed E-state index contributed by atoms with van der Waals surface area (Å²) in [5.41, 5.74) is 0. The average Bonchev–Trinajstić information content (AvgIpc) is 2.81. The highest BCUT2D eigenvalue weighted by Crippen LogP contribution is 2.04. The summed E-state index contributed by atoms with van der Waals surface area (Å²) in [4.78, 5) is 24.7. The van der Waals surface area contributed by atoms with E-state index in [1.54, 1.807) is 11.9 Å². The maximum Gasteiger partial charge on any atom is 0.237 e. The number of nitrogens with one attached hydrogen (secondary N) is 2. The highest BCUT2D eigenvalue weighted by molar-refractivity contribution is 5.85. The molecule has 1 fully saturated rings. The molecule has 17 heavy (non-hydrogen) atoms. The highest BCUT2D eigenvalue weighted by atomic mass is 35.5. The molecule has 2 amide bonds. The van der Waals surface area contributed by atoms with Crippen LogP contribution in [0.2, 0.25) is 0 Å². The second-order valence-electron chi connectivity index (χ2n) is 4.10. The van der Waals surface area contributed by atoms with E-state index >= 15 is 0 Å². The molecule has 1 atom stereocenters. The van der Waals surface area contributed by atoms with Gasteiger partial charge in [0.2, 0.25) is 11.8 Å². The van der Waals surface area contributed by atoms with E-state index in [9.17, 15) is 9.59 Å². The Balaban J connectivity index is 0.00000256. The van der Waals surface area contributed by atoms with Gasteiger partial charge in [-0.2, -0.15) is 0 Å². The van der Waals surface area contributed by atoms with Crippen molar-refractivity contribution < 1.29 is 9.59 Å². The van der Waals surface area contributed by atoms with Gasteiger partial charge in [-0.25, -0.2) is 0 Å². The standard InChI is InChI=1S/C11H21N3O2.ClH/c1-3-14(2)10(15)6-8-13-11(16)9-5-4-7-12-9;/h9,12H,3-8H2,1-2H3,(H,13,16);1H. The molecule has 1 unspecified atom stereocenters. The van der Waals surface area contributed by atoms with Crippen molar-refractivity contribution in [2.45, 2.75) is 32.2 Å². The van der Waals surface area contributed by atoms with Crippen LogP contribution in [0.3, 0.4) is 0 Å². The first kappa shape index (κ1) is 16.2. The molecule has 0 aromatic rings. The van der Waals surface area contributed by atoms with Crippen molar-refractivity contribution in [1.82, 2.24) is 15.5 Å². The molecule has 0 aromatic carbocycles. The van der Waals surface area contributed by atoms with E-state index in [0.717, 1.165) is 19.4 Å². The van der Waals surface area contributed by atoms with Crippen LogP contribution in [-0.2, 0) is 9.59 Å². The summed E-state index contributed by atoms with van der Waals surface area (Å²) < 4.78 is 0. The fourth-order valence-electron chi connectivity index (χ4n) is 1.69. The van der Waals surface area contributed by atoms with Gasteiger partial charge in [0.15, 0.2) is 0 Å². The van der Waals surface area contributed by atoms with Gasteiger partial charge in [-0.15, -0.1) is 12.4 Å². The molecule has 1 heterocycles. The summed E-state index contributed by atoms with van der Waals surface area (Å²) in [7, 11) is 1.77. The van der Waals surface area contributed by atoms with Gasteiger partial charge >= 0.3 is 0 Å². The van der Waals surface area contributed by atoms with E-state index in [1.165, 1.54) is 0 Å². The molecular formula is C11H22ClN3O2. The summed E-state index contributed by atoms with van der Waals surface area (Å²) >= 11 is 0. The number of rotatable bonds is 5. The normalized spacial score (nSPS) is 18.4. The van der Waals surface area contributed by atoms with Crippen LogP contribution in [0, 0.1) is 0 Å². The first-order valence-electron chi connectivity index (χ1n) is 5.90. The van der Waals surface area contributed by atoms with Gasteiger partial charge in [-0.1, -0.05) is 0 Å². The van der Waals surface area contributed by atoms with E-state index in [0.29, 0.717) is 19.5 Å². The van der Waals surface area contributed by atoms with Crippen molar-refractivity contribution >= 4 is 24.2 Å². The maximum atomic E-state index is 11.6. The Bertz CT molecular complexity index is 255. The molecule has 1 aliphatic rings. The number of amides is 2. The molecule has 1 rings (SSSR count). The minimum absolute atomic E-state index is 0. The first-order valence-corrected chi connectivity index (χ1v) is 5.90. The first-order chi connectivity index (χ1) is 7.65. The molecular weight excluding hydrogens is 242 g/mol. The zero-order chi connectivity index (χ0) is 12.0. The van der Waals surface area contributed by atoms with Crippen molar-refractivity contribution in [3.8, 4) is 0 Å². The molecule has 1 aliphatic heterocycles. The second kappa shape index (κ2) is 8.31. The van der Waals surface area contributed by atoms with Gasteiger partial charge in [-0.3, -0.25) is 9.59 Å². The van der Waals surface area contributed by atoms with Gasteiger partial charge in [0.05, 0.1) is 6.04 Å². The van der Waals surface area contributed by atoms with Crippen molar-refractivity contribution in [1.29, 1.82) is 0 Å². The summed E-state index contributed by atoms with van der Waals surface area (Å²) in [6, 6.07) is -0.0565. The number of hydrogen-bond acceptors (Lipinski definition) is 3. The maximum absolute atomic E-state index is 11.6. The predicted molar refractivity (Wildman–Crippen MR) is 69.2 cm³/mol. The minimum Gasteiger partial charge on any atom is -0.354 e. The van der Waals surface area contributed by atoms with Gasteiger partial charge in [0.1, 0.15) is 0 Å². The van der Waals surface area contributed by atoms with Gasteiger partial charge < -0.3 is 15.5 Å². The van der Waals surface area contributed by atoms with Crippen LogP contribution < -0.4 is 10.6 Å². The van der Waals surface area contributed by atoms with Crippen LogP contribution in [0.1, 0.15) is 26.2 Å². The van der Waals surface area contributed by atoms with E-state index < -0.39 is 0 Å². The number of carbonyl (C=O) groups excluding carboxylic acids is 2. The molecule has 100 valence electrons. The summed E-state index contributed by atoms with van der Waals surface area (Å²) in [5, 5.41) is 5.91. The topological polar surface area (TPSA) is 61.4 Å². The average molecular weight is 264 g/mol. The molecule has 0 aliphatic carbocycles. The van der Waals surface area contributed by atoms with Crippen LogP contribution in [0.25, 0.3) is 0 Å². The molecule has 6 heteroatoms. The third-order valence-corrected chi connectivity index (χ3v) is 2.91. The van der Waals surface area contributed by atoms with Crippen LogP contribution in [0.15, 0.2) is 0 Å². The molecule has 0 aromatic heterocycles. The monoisotopic (exact) mass is 263 g/mol. The van der Waals surface area contributed by atoms with E-state index in [2.05, 4.69) is 10.6 Å². The Morgan fingerprint density at radius 2 is 2.18 bits per heavy atom. The predicted octanol–water partition coefficient (Wildman–Crippen LogP) is 0.145. The third-order valence-electron chi connectivity index (χ3n) is 2.91. The fraction of sp³-hybridized carbons (Fsp3) is 0.818. The Morgan fingerprint density at radius 3 is 2.71 bits per heavy atom. The molecule has 1 saturated heterocycles. The summed E-state index contributed by atoms with van der Waals surface area (Å²) in [6.07, 6.45) is 2.33. The molecule has 0 bridgehead atoms. The lowest BCUT2D eigenvalue weighted by Crippen LogP contribution is -2.41. The summed E-state index contributed by atoms with van der Waals surface area (Å²) in [6.45, 7) is 3.98. The van der Waals surface area contributed by atoms with Gasteiger partial charge in [0, 0.05) is 26.6 Å². The number of halogens is 1. The zero-order valence-electron chi connectivity index (χ0n) is 10.5. The fourth-order valence-corrected chi connectivity index (χ4v) is 1.69. The zero-order valence-corrected chi connectivity index (χ0v) is 11.3. The van der Waals surface area contributed by atoms with Crippen molar-refractivity contribution in [2.24, 2.45) is 0 Å². The number of carbonyl (C=O) groups is 2. The van der Waals surface area contributed by atoms with Crippen LogP contribution >= 0.6 is 12.4 Å². The molecule has 0 radical (unpaired) electrons. The van der Waals surface area contributed by atoms with E-state index in [4.69, 9.17) is 0 Å². The Labute approximate surface area is 109 Å². The number of hydrogen-bond donors (Lipinski definition) is 2. The van der Waals surface area contributed by atoms with Crippen LogP contribution in [0.5, 0.6) is 0 Å².